The second kappa shape index (κ2) is 14.9. The summed E-state index contributed by atoms with van der Waals surface area (Å²) in [6.07, 6.45) is 0. The molecular formula is C59H41N. The van der Waals surface area contributed by atoms with E-state index in [4.69, 9.17) is 0 Å². The van der Waals surface area contributed by atoms with Gasteiger partial charge in [0.2, 0.25) is 0 Å². The number of benzene rings is 10. The summed E-state index contributed by atoms with van der Waals surface area (Å²) in [5.74, 6) is 0. The van der Waals surface area contributed by atoms with Gasteiger partial charge in [-0.2, -0.15) is 0 Å². The Bertz CT molecular complexity index is 3070. The number of hydrogen-bond acceptors (Lipinski definition) is 1. The molecule has 10 aromatic carbocycles. The van der Waals surface area contributed by atoms with Crippen molar-refractivity contribution < 1.29 is 0 Å². The van der Waals surface area contributed by atoms with Gasteiger partial charge in [-0.25, -0.2) is 0 Å². The molecule has 0 aromatic heterocycles. The Morgan fingerprint density at radius 1 is 0.300 bits per heavy atom. The Morgan fingerprint density at radius 3 is 1.53 bits per heavy atom. The van der Waals surface area contributed by atoms with Crippen LogP contribution >= 0.6 is 0 Å². The highest BCUT2D eigenvalue weighted by molar-refractivity contribution is 6.02. The predicted molar refractivity (Wildman–Crippen MR) is 252 cm³/mol. The highest BCUT2D eigenvalue weighted by Crippen LogP contribution is 2.60. The lowest BCUT2D eigenvalue weighted by Crippen LogP contribution is -2.28. The van der Waals surface area contributed by atoms with E-state index >= 15 is 0 Å². The minimum absolute atomic E-state index is 0.527. The van der Waals surface area contributed by atoms with Crippen LogP contribution in [0.5, 0.6) is 0 Å². The number of fused-ring (bicyclic) bond motifs is 4. The van der Waals surface area contributed by atoms with Crippen LogP contribution in [0.3, 0.4) is 0 Å². The first-order chi connectivity index (χ1) is 29.8. The second-order valence-corrected chi connectivity index (χ2v) is 15.6. The zero-order valence-electron chi connectivity index (χ0n) is 33.1. The zero-order chi connectivity index (χ0) is 39.9. The molecule has 0 N–H and O–H groups in total. The highest BCUT2D eigenvalue weighted by Gasteiger charge is 2.47. The Balaban J connectivity index is 1.23. The molecule has 0 heterocycles. The molecule has 0 bridgehead atoms. The Morgan fingerprint density at radius 2 is 0.817 bits per heavy atom. The van der Waals surface area contributed by atoms with Crippen LogP contribution in [0.2, 0.25) is 0 Å². The van der Waals surface area contributed by atoms with Crippen LogP contribution in [0, 0.1) is 0 Å². The molecule has 0 amide bonds. The van der Waals surface area contributed by atoms with Gasteiger partial charge in [0.1, 0.15) is 0 Å². The summed E-state index contributed by atoms with van der Waals surface area (Å²) in [5, 5.41) is 2.47. The van der Waals surface area contributed by atoms with E-state index in [1.165, 1.54) is 72.0 Å². The van der Waals surface area contributed by atoms with E-state index in [1.807, 2.05) is 0 Å². The maximum Gasteiger partial charge on any atom is 0.0714 e. The maximum atomic E-state index is 2.52. The van der Waals surface area contributed by atoms with E-state index in [0.717, 1.165) is 22.6 Å². The fourth-order valence-electron chi connectivity index (χ4n) is 9.72. The van der Waals surface area contributed by atoms with Gasteiger partial charge in [0.05, 0.1) is 16.8 Å². The van der Waals surface area contributed by atoms with Gasteiger partial charge in [0.15, 0.2) is 0 Å². The molecule has 0 spiro atoms. The summed E-state index contributed by atoms with van der Waals surface area (Å²) in [7, 11) is 0. The summed E-state index contributed by atoms with van der Waals surface area (Å²) in [6.45, 7) is 0. The number of nitrogens with zero attached hydrogens (tertiary/aromatic N) is 1. The average Bonchev–Trinajstić information content (AvgIpc) is 3.64. The summed E-state index contributed by atoms with van der Waals surface area (Å²) < 4.78 is 0. The van der Waals surface area contributed by atoms with Gasteiger partial charge in [-0.1, -0.05) is 224 Å². The molecule has 0 fully saturated rings. The molecule has 1 heteroatoms. The Kier molecular flexibility index (Phi) is 8.79. The molecule has 0 unspecified atom stereocenters. The fourth-order valence-corrected chi connectivity index (χ4v) is 9.72. The third-order valence-corrected chi connectivity index (χ3v) is 12.4. The van der Waals surface area contributed by atoms with Crippen molar-refractivity contribution in [3.8, 4) is 44.5 Å². The molecular weight excluding hydrogens is 723 g/mol. The molecule has 0 aliphatic heterocycles. The maximum absolute atomic E-state index is 2.52. The normalized spacial score (nSPS) is 12.5. The molecule has 1 nitrogen and oxygen atoms in total. The van der Waals surface area contributed by atoms with Crippen LogP contribution in [-0.2, 0) is 5.41 Å². The Labute approximate surface area is 352 Å². The highest BCUT2D eigenvalue weighted by atomic mass is 15.1. The minimum atomic E-state index is -0.527. The number of hydrogen-bond donors (Lipinski definition) is 0. The van der Waals surface area contributed by atoms with Crippen molar-refractivity contribution in [3.63, 3.8) is 0 Å². The lowest BCUT2D eigenvalue weighted by Gasteiger charge is -2.34. The summed E-state index contributed by atoms with van der Waals surface area (Å²) in [5.41, 5.74) is 17.4. The van der Waals surface area contributed by atoms with Gasteiger partial charge in [-0.3, -0.25) is 0 Å². The molecule has 11 rings (SSSR count). The molecule has 282 valence electrons. The summed E-state index contributed by atoms with van der Waals surface area (Å²) in [6, 6.07) is 91.2. The van der Waals surface area contributed by atoms with Gasteiger partial charge in [-0.05, 0) is 90.7 Å². The van der Waals surface area contributed by atoms with Crippen LogP contribution in [-0.4, -0.2) is 0 Å². The van der Waals surface area contributed by atoms with Crippen molar-refractivity contribution in [2.75, 3.05) is 4.90 Å². The first-order valence-electron chi connectivity index (χ1n) is 20.8. The third kappa shape index (κ3) is 5.78. The third-order valence-electron chi connectivity index (χ3n) is 12.4. The molecule has 1 aliphatic carbocycles. The molecule has 0 saturated heterocycles. The van der Waals surface area contributed by atoms with E-state index in [-0.39, 0.29) is 0 Å². The SMILES string of the molecule is c1ccc(-c2ccc(N(c3cc(-c4cccc5ccccc45)ccc3-c3ccccc3)c3cccc4c3-c3ccccc3C4(c3ccccc3)c3ccccc3)cc2)cc1. The van der Waals surface area contributed by atoms with Gasteiger partial charge in [-0.15, -0.1) is 0 Å². The van der Waals surface area contributed by atoms with E-state index in [0.29, 0.717) is 0 Å². The lowest BCUT2D eigenvalue weighted by molar-refractivity contribution is 0.768. The van der Waals surface area contributed by atoms with E-state index in [9.17, 15) is 0 Å². The predicted octanol–water partition coefficient (Wildman–Crippen LogP) is 15.7. The molecule has 0 atom stereocenters. The van der Waals surface area contributed by atoms with E-state index < -0.39 is 5.41 Å². The summed E-state index contributed by atoms with van der Waals surface area (Å²) >= 11 is 0. The molecule has 10 aromatic rings. The molecule has 0 saturated carbocycles. The Hall–Kier alpha value is -7.74. The van der Waals surface area contributed by atoms with Crippen molar-refractivity contribution in [3.05, 3.63) is 271 Å². The van der Waals surface area contributed by atoms with Crippen LogP contribution in [0.1, 0.15) is 22.3 Å². The summed E-state index contributed by atoms with van der Waals surface area (Å²) in [4.78, 5) is 2.52. The standard InChI is InChI=1S/C59H41N/c1-5-19-42(20-6-1)43-35-38-49(39-36-43)60(57-41-46(37-40-52(57)45-21-7-2-8-22-45)51-31-17-24-44-23-13-14-29-50(44)51)56-34-18-33-55-58(56)53-30-15-16-32-54(53)59(55,47-25-9-3-10-26-47)48-27-11-4-12-28-48/h1-41H. The largest absolute Gasteiger partial charge is 0.309 e. The number of anilines is 3. The van der Waals surface area contributed by atoms with Gasteiger partial charge in [0.25, 0.3) is 0 Å². The van der Waals surface area contributed by atoms with Crippen LogP contribution in [0.25, 0.3) is 55.3 Å². The molecule has 1 aliphatic rings. The topological polar surface area (TPSA) is 3.24 Å². The average molecular weight is 764 g/mol. The van der Waals surface area contributed by atoms with Crippen LogP contribution < -0.4 is 4.90 Å². The fraction of sp³-hybridized carbons (Fsp3) is 0.0169. The van der Waals surface area contributed by atoms with Crippen molar-refractivity contribution in [1.29, 1.82) is 0 Å². The first kappa shape index (κ1) is 35.4. The van der Waals surface area contributed by atoms with Gasteiger partial charge in [0, 0.05) is 16.8 Å². The zero-order valence-corrected chi connectivity index (χ0v) is 33.1. The van der Waals surface area contributed by atoms with Crippen molar-refractivity contribution in [2.24, 2.45) is 0 Å². The smallest absolute Gasteiger partial charge is 0.0714 e. The minimum Gasteiger partial charge on any atom is -0.309 e. The van der Waals surface area contributed by atoms with Crippen molar-refractivity contribution in [1.82, 2.24) is 0 Å². The van der Waals surface area contributed by atoms with E-state index in [2.05, 4.69) is 254 Å². The van der Waals surface area contributed by atoms with E-state index in [1.54, 1.807) is 0 Å². The van der Waals surface area contributed by atoms with Crippen molar-refractivity contribution in [2.45, 2.75) is 5.41 Å². The van der Waals surface area contributed by atoms with Gasteiger partial charge >= 0.3 is 0 Å². The second-order valence-electron chi connectivity index (χ2n) is 15.6. The van der Waals surface area contributed by atoms with Crippen LogP contribution in [0.4, 0.5) is 17.1 Å². The molecule has 0 radical (unpaired) electrons. The van der Waals surface area contributed by atoms with Crippen LogP contribution in [0.15, 0.2) is 249 Å². The van der Waals surface area contributed by atoms with Gasteiger partial charge < -0.3 is 4.90 Å². The monoisotopic (exact) mass is 763 g/mol. The first-order valence-corrected chi connectivity index (χ1v) is 20.8. The molecule has 60 heavy (non-hydrogen) atoms. The lowest BCUT2D eigenvalue weighted by atomic mass is 9.68. The number of rotatable bonds is 8. The quantitative estimate of drug-likeness (QED) is 0.149. The van der Waals surface area contributed by atoms with Crippen molar-refractivity contribution >= 4 is 27.8 Å².